The van der Waals surface area contributed by atoms with Crippen LogP contribution in [0.2, 0.25) is 0 Å². The van der Waals surface area contributed by atoms with Crippen molar-refractivity contribution in [1.29, 1.82) is 0 Å². The maximum absolute atomic E-state index is 12.0. The van der Waals surface area contributed by atoms with E-state index in [1.54, 1.807) is 24.3 Å². The number of aliphatic hydroxyl groups excluding tert-OH is 1. The first kappa shape index (κ1) is 14.6. The summed E-state index contributed by atoms with van der Waals surface area (Å²) in [5, 5.41) is 11.6. The molecule has 1 aliphatic rings. The Labute approximate surface area is 120 Å². The number of hydrogen-bond acceptors (Lipinski definition) is 2. The minimum Gasteiger partial charge on any atom is -0.384 e. The molecular formula is C17H21NO2. The zero-order chi connectivity index (χ0) is 14.2. The van der Waals surface area contributed by atoms with E-state index in [1.165, 1.54) is 32.1 Å². The molecule has 0 atom stereocenters. The van der Waals surface area contributed by atoms with Gasteiger partial charge in [0.1, 0.15) is 6.61 Å². The van der Waals surface area contributed by atoms with Crippen molar-refractivity contribution in [2.75, 3.05) is 13.2 Å². The lowest BCUT2D eigenvalue weighted by Gasteiger charge is -2.21. The predicted octanol–water partition coefficient (Wildman–Crippen LogP) is 2.34. The van der Waals surface area contributed by atoms with Crippen molar-refractivity contribution in [3.8, 4) is 11.8 Å². The fourth-order valence-corrected chi connectivity index (χ4v) is 2.58. The minimum atomic E-state index is -0.149. The summed E-state index contributed by atoms with van der Waals surface area (Å²) in [7, 11) is 0. The van der Waals surface area contributed by atoms with Crippen LogP contribution in [0.5, 0.6) is 0 Å². The first-order chi connectivity index (χ1) is 9.79. The standard InChI is InChI=1S/C17H21NO2/c19-12-4-7-14-8-10-16(11-9-14)17(20)18-13-15-5-2-1-3-6-15/h8-11,15,19H,1-3,5-6,12-13H2,(H,18,20). The highest BCUT2D eigenvalue weighted by atomic mass is 16.2. The molecule has 0 aliphatic heterocycles. The zero-order valence-corrected chi connectivity index (χ0v) is 11.7. The smallest absolute Gasteiger partial charge is 0.251 e. The van der Waals surface area contributed by atoms with Crippen LogP contribution in [0.25, 0.3) is 0 Å². The summed E-state index contributed by atoms with van der Waals surface area (Å²) in [6, 6.07) is 7.16. The topological polar surface area (TPSA) is 49.3 Å². The van der Waals surface area contributed by atoms with Gasteiger partial charge in [-0.3, -0.25) is 4.79 Å². The molecule has 1 aromatic carbocycles. The van der Waals surface area contributed by atoms with Crippen LogP contribution < -0.4 is 5.32 Å². The molecule has 0 spiro atoms. The lowest BCUT2D eigenvalue weighted by molar-refractivity contribution is 0.0943. The average molecular weight is 271 g/mol. The maximum atomic E-state index is 12.0. The van der Waals surface area contributed by atoms with Crippen molar-refractivity contribution in [2.24, 2.45) is 5.92 Å². The van der Waals surface area contributed by atoms with Crippen molar-refractivity contribution in [1.82, 2.24) is 5.32 Å². The van der Waals surface area contributed by atoms with Crippen LogP contribution in [0.4, 0.5) is 0 Å². The van der Waals surface area contributed by atoms with E-state index in [9.17, 15) is 4.79 Å². The van der Waals surface area contributed by atoms with Gasteiger partial charge in [-0.05, 0) is 43.0 Å². The number of nitrogens with one attached hydrogen (secondary N) is 1. The van der Waals surface area contributed by atoms with E-state index in [1.807, 2.05) is 0 Å². The van der Waals surface area contributed by atoms with Gasteiger partial charge >= 0.3 is 0 Å². The highest BCUT2D eigenvalue weighted by Gasteiger charge is 2.14. The largest absolute Gasteiger partial charge is 0.384 e. The van der Waals surface area contributed by atoms with E-state index in [0.29, 0.717) is 11.5 Å². The molecule has 0 saturated heterocycles. The highest BCUT2D eigenvalue weighted by molar-refractivity contribution is 5.94. The number of carbonyl (C=O) groups excluding carboxylic acids is 1. The molecule has 2 N–H and O–H groups in total. The summed E-state index contributed by atoms with van der Waals surface area (Å²) in [5.41, 5.74) is 1.47. The lowest BCUT2D eigenvalue weighted by atomic mass is 9.89. The maximum Gasteiger partial charge on any atom is 0.251 e. The molecule has 0 radical (unpaired) electrons. The van der Waals surface area contributed by atoms with Gasteiger partial charge in [0.2, 0.25) is 0 Å². The summed E-state index contributed by atoms with van der Waals surface area (Å²) >= 11 is 0. The van der Waals surface area contributed by atoms with E-state index in [4.69, 9.17) is 5.11 Å². The van der Waals surface area contributed by atoms with E-state index < -0.39 is 0 Å². The molecular weight excluding hydrogens is 250 g/mol. The molecule has 2 rings (SSSR count). The molecule has 0 aromatic heterocycles. The van der Waals surface area contributed by atoms with Gasteiger partial charge in [0.15, 0.2) is 0 Å². The first-order valence-electron chi connectivity index (χ1n) is 7.27. The Morgan fingerprint density at radius 2 is 1.90 bits per heavy atom. The summed E-state index contributed by atoms with van der Waals surface area (Å²) in [5.74, 6) is 6.02. The second kappa shape index (κ2) is 7.72. The molecule has 1 aromatic rings. The quantitative estimate of drug-likeness (QED) is 0.829. The molecule has 0 bridgehead atoms. The number of amides is 1. The van der Waals surface area contributed by atoms with E-state index in [2.05, 4.69) is 17.2 Å². The second-order valence-electron chi connectivity index (χ2n) is 5.25. The van der Waals surface area contributed by atoms with E-state index >= 15 is 0 Å². The number of aliphatic hydroxyl groups is 1. The van der Waals surface area contributed by atoms with Crippen molar-refractivity contribution < 1.29 is 9.90 Å². The lowest BCUT2D eigenvalue weighted by Crippen LogP contribution is -2.30. The second-order valence-corrected chi connectivity index (χ2v) is 5.25. The van der Waals surface area contributed by atoms with Crippen LogP contribution in [0.3, 0.4) is 0 Å². The molecule has 1 saturated carbocycles. The predicted molar refractivity (Wildman–Crippen MR) is 79.3 cm³/mol. The number of benzene rings is 1. The molecule has 1 aliphatic carbocycles. The van der Waals surface area contributed by atoms with E-state index in [0.717, 1.165) is 12.1 Å². The summed E-state index contributed by atoms with van der Waals surface area (Å²) in [6.07, 6.45) is 6.38. The third-order valence-corrected chi connectivity index (χ3v) is 3.73. The Hall–Kier alpha value is -1.79. The molecule has 0 unspecified atom stereocenters. The number of hydrogen-bond donors (Lipinski definition) is 2. The van der Waals surface area contributed by atoms with Crippen molar-refractivity contribution >= 4 is 5.91 Å². The molecule has 0 heterocycles. The fraction of sp³-hybridized carbons (Fsp3) is 0.471. The van der Waals surface area contributed by atoms with E-state index in [-0.39, 0.29) is 12.5 Å². The number of rotatable bonds is 3. The summed E-state index contributed by atoms with van der Waals surface area (Å²) in [4.78, 5) is 12.0. The molecule has 20 heavy (non-hydrogen) atoms. The Kier molecular flexibility index (Phi) is 5.64. The molecule has 1 fully saturated rings. The van der Waals surface area contributed by atoms with Gasteiger partial charge in [0, 0.05) is 17.7 Å². The Balaban J connectivity index is 1.85. The molecule has 3 nitrogen and oxygen atoms in total. The van der Waals surface area contributed by atoms with Crippen LogP contribution in [0, 0.1) is 17.8 Å². The van der Waals surface area contributed by atoms with Crippen LogP contribution in [0.1, 0.15) is 48.0 Å². The van der Waals surface area contributed by atoms with Crippen LogP contribution in [-0.2, 0) is 0 Å². The third-order valence-electron chi connectivity index (χ3n) is 3.73. The normalized spacial score (nSPS) is 15.2. The summed E-state index contributed by atoms with van der Waals surface area (Å²) in [6.45, 7) is 0.633. The van der Waals surface area contributed by atoms with Gasteiger partial charge in [0.25, 0.3) is 5.91 Å². The Bertz CT molecular complexity index is 490. The third kappa shape index (κ3) is 4.40. The van der Waals surface area contributed by atoms with Gasteiger partial charge in [-0.25, -0.2) is 0 Å². The zero-order valence-electron chi connectivity index (χ0n) is 11.7. The van der Waals surface area contributed by atoms with Crippen LogP contribution >= 0.6 is 0 Å². The van der Waals surface area contributed by atoms with Crippen LogP contribution in [-0.4, -0.2) is 24.2 Å². The average Bonchev–Trinajstić information content (AvgIpc) is 2.52. The van der Waals surface area contributed by atoms with Crippen molar-refractivity contribution in [3.05, 3.63) is 35.4 Å². The molecule has 106 valence electrons. The van der Waals surface area contributed by atoms with Gasteiger partial charge in [-0.2, -0.15) is 0 Å². The Morgan fingerprint density at radius 3 is 2.55 bits per heavy atom. The van der Waals surface area contributed by atoms with Gasteiger partial charge < -0.3 is 10.4 Å². The molecule has 1 amide bonds. The van der Waals surface area contributed by atoms with Gasteiger partial charge in [-0.1, -0.05) is 31.1 Å². The van der Waals surface area contributed by atoms with Gasteiger partial charge in [0.05, 0.1) is 0 Å². The van der Waals surface area contributed by atoms with Crippen molar-refractivity contribution in [2.45, 2.75) is 32.1 Å². The summed E-state index contributed by atoms with van der Waals surface area (Å²) < 4.78 is 0. The first-order valence-corrected chi connectivity index (χ1v) is 7.27. The minimum absolute atomic E-state index is 0.0164. The number of carbonyl (C=O) groups is 1. The molecule has 3 heteroatoms. The van der Waals surface area contributed by atoms with Crippen LogP contribution in [0.15, 0.2) is 24.3 Å². The fourth-order valence-electron chi connectivity index (χ4n) is 2.58. The Morgan fingerprint density at radius 1 is 1.20 bits per heavy atom. The van der Waals surface area contributed by atoms with Crippen molar-refractivity contribution in [3.63, 3.8) is 0 Å². The SMILES string of the molecule is O=C(NCC1CCCCC1)c1ccc(C#CCO)cc1. The highest BCUT2D eigenvalue weighted by Crippen LogP contribution is 2.22. The van der Waals surface area contributed by atoms with Gasteiger partial charge in [-0.15, -0.1) is 0 Å². The monoisotopic (exact) mass is 271 g/mol.